The molecule has 0 aliphatic rings. The Kier molecular flexibility index (Phi) is 7.30. The van der Waals surface area contributed by atoms with Crippen LogP contribution < -0.4 is 0 Å². The van der Waals surface area contributed by atoms with Crippen LogP contribution in [-0.4, -0.2) is 61.2 Å². The molecule has 1 aromatic carbocycles. The van der Waals surface area contributed by atoms with E-state index in [9.17, 15) is 34.9 Å². The summed E-state index contributed by atoms with van der Waals surface area (Å²) >= 11 is 0. The third-order valence-electron chi connectivity index (χ3n) is 2.46. The van der Waals surface area contributed by atoms with Crippen molar-refractivity contribution < 1.29 is 44.5 Å². The predicted octanol–water partition coefficient (Wildman–Crippen LogP) is 1.94. The molecule has 140 valence electrons. The van der Waals surface area contributed by atoms with Gasteiger partial charge >= 0.3 is 11.4 Å². The molecule has 0 saturated heterocycles. The highest BCUT2D eigenvalue weighted by Crippen LogP contribution is 2.35. The van der Waals surface area contributed by atoms with Gasteiger partial charge in [0, 0.05) is 5.56 Å². The van der Waals surface area contributed by atoms with E-state index in [1.165, 1.54) is 5.56 Å². The zero-order valence-corrected chi connectivity index (χ0v) is 13.9. The van der Waals surface area contributed by atoms with Crippen LogP contribution in [-0.2, 0) is 16.7 Å². The first-order valence-corrected chi connectivity index (χ1v) is 7.81. The highest BCUT2D eigenvalue weighted by molar-refractivity contribution is 7.86. The van der Waals surface area contributed by atoms with Crippen LogP contribution in [0, 0.1) is 0 Å². The predicted molar refractivity (Wildman–Crippen MR) is 74.9 cm³/mol. The Labute approximate surface area is 136 Å². The lowest BCUT2D eigenvalue weighted by atomic mass is 10.2. The smallest absolute Gasteiger partial charge is 0.421 e. The number of aliphatic hydroxyl groups is 1. The first-order chi connectivity index (χ1) is 10.5. The van der Waals surface area contributed by atoms with Crippen LogP contribution in [0.1, 0.15) is 5.56 Å². The fraction of sp³-hybridized carbons (Fsp3) is 0.538. The van der Waals surface area contributed by atoms with Crippen molar-refractivity contribution in [1.29, 1.82) is 0 Å². The molecule has 11 heteroatoms. The molecule has 5 nitrogen and oxygen atoms in total. The first-order valence-electron chi connectivity index (χ1n) is 6.41. The molecule has 1 rings (SSSR count). The molecule has 0 aromatic heterocycles. The van der Waals surface area contributed by atoms with Gasteiger partial charge in [0.15, 0.2) is 10.1 Å². The van der Waals surface area contributed by atoms with Crippen LogP contribution in [0.4, 0.5) is 22.0 Å². The van der Waals surface area contributed by atoms with Crippen LogP contribution in [0.15, 0.2) is 30.3 Å². The quantitative estimate of drug-likeness (QED) is 0.493. The van der Waals surface area contributed by atoms with Crippen molar-refractivity contribution in [2.75, 3.05) is 21.1 Å². The van der Waals surface area contributed by atoms with E-state index >= 15 is 0 Å². The van der Waals surface area contributed by atoms with Crippen molar-refractivity contribution in [2.45, 2.75) is 24.1 Å². The Hall–Kier alpha value is -1.30. The average Bonchev–Trinajstić information content (AvgIpc) is 2.35. The molecule has 24 heavy (non-hydrogen) atoms. The van der Waals surface area contributed by atoms with E-state index in [-0.39, 0.29) is 0 Å². The normalized spacial score (nSPS) is 14.6. The number of nitrogens with zero attached hydrogens (tertiary/aromatic N) is 1. The molecule has 0 fully saturated rings. The average molecular weight is 379 g/mol. The van der Waals surface area contributed by atoms with E-state index in [0.29, 0.717) is 0 Å². The number of halogens is 5. The summed E-state index contributed by atoms with van der Waals surface area (Å²) in [6.45, 7) is 1.10. The van der Waals surface area contributed by atoms with E-state index in [1.54, 1.807) is 0 Å². The van der Waals surface area contributed by atoms with Gasteiger partial charge in [0.2, 0.25) is 6.10 Å². The number of hydrogen-bond acceptors (Lipinski definition) is 4. The Morgan fingerprint density at radius 2 is 1.50 bits per heavy atom. The summed E-state index contributed by atoms with van der Waals surface area (Å²) in [6, 6.07) is 10.6. The number of aliphatic hydroxyl groups excluding tert-OH is 1. The fourth-order valence-corrected chi connectivity index (χ4v) is 1.87. The van der Waals surface area contributed by atoms with Gasteiger partial charge in [-0.3, -0.25) is 0 Å². The maximum Gasteiger partial charge on any atom is 0.421 e. The minimum atomic E-state index is -6.54. The van der Waals surface area contributed by atoms with Crippen molar-refractivity contribution in [2.24, 2.45) is 0 Å². The van der Waals surface area contributed by atoms with E-state index < -0.39 is 27.7 Å². The Morgan fingerprint density at radius 3 is 1.75 bits per heavy atom. The van der Waals surface area contributed by atoms with Crippen molar-refractivity contribution in [3.05, 3.63) is 35.9 Å². The number of hydrogen-bond donors (Lipinski definition) is 1. The van der Waals surface area contributed by atoms with Crippen molar-refractivity contribution in [3.63, 3.8) is 0 Å². The minimum absolute atomic E-state index is 0.990. The van der Waals surface area contributed by atoms with Gasteiger partial charge in [-0.25, -0.2) is 8.42 Å². The molecule has 0 amide bonds. The summed E-state index contributed by atoms with van der Waals surface area (Å²) in [4.78, 5) is 0. The van der Waals surface area contributed by atoms with Gasteiger partial charge in [-0.05, 0) is 0 Å². The highest BCUT2D eigenvalue weighted by atomic mass is 32.2. The Morgan fingerprint density at radius 1 is 1.08 bits per heavy atom. The van der Waals surface area contributed by atoms with E-state index in [0.717, 1.165) is 11.0 Å². The van der Waals surface area contributed by atoms with Gasteiger partial charge in [-0.1, -0.05) is 30.3 Å². The fourth-order valence-electron chi connectivity index (χ4n) is 1.46. The maximum absolute atomic E-state index is 11.9. The third-order valence-corrected chi connectivity index (χ3v) is 3.35. The molecule has 0 aliphatic carbocycles. The third kappa shape index (κ3) is 7.51. The van der Waals surface area contributed by atoms with Crippen LogP contribution in [0.2, 0.25) is 0 Å². The number of quaternary nitrogens is 1. The maximum atomic E-state index is 11.9. The summed E-state index contributed by atoms with van der Waals surface area (Å²) in [5.41, 5.74) is 1.40. The molecule has 0 bridgehead atoms. The van der Waals surface area contributed by atoms with Gasteiger partial charge in [0.25, 0.3) is 0 Å². The summed E-state index contributed by atoms with van der Waals surface area (Å²) in [6.07, 6.45) is -10.4. The van der Waals surface area contributed by atoms with Gasteiger partial charge in [0.1, 0.15) is 6.54 Å². The zero-order valence-electron chi connectivity index (χ0n) is 13.1. The minimum Gasteiger partial charge on any atom is -0.743 e. The molecule has 0 saturated carbocycles. The van der Waals surface area contributed by atoms with Crippen molar-refractivity contribution >= 4 is 10.1 Å². The second-order valence-electron chi connectivity index (χ2n) is 5.89. The van der Waals surface area contributed by atoms with Crippen molar-refractivity contribution in [3.8, 4) is 0 Å². The Balaban J connectivity index is 0.000000446. The molecule has 1 N–H and O–H groups in total. The second kappa shape index (κ2) is 7.72. The van der Waals surface area contributed by atoms with Gasteiger partial charge < -0.3 is 14.1 Å². The van der Waals surface area contributed by atoms with Crippen LogP contribution >= 0.6 is 0 Å². The van der Waals surface area contributed by atoms with E-state index in [2.05, 4.69) is 51.5 Å². The SMILES string of the molecule is C[N+](C)(C)Cc1ccccc1.O=S(=O)([O-])C(F)(F)C(O)C(F)(F)F. The zero-order chi connectivity index (χ0) is 19.4. The lowest BCUT2D eigenvalue weighted by molar-refractivity contribution is -0.884. The molecule has 0 radical (unpaired) electrons. The van der Waals surface area contributed by atoms with Gasteiger partial charge in [-0.15, -0.1) is 0 Å². The van der Waals surface area contributed by atoms with Gasteiger partial charge in [-0.2, -0.15) is 22.0 Å². The lowest BCUT2D eigenvalue weighted by Crippen LogP contribution is -2.49. The van der Waals surface area contributed by atoms with Gasteiger partial charge in [0.05, 0.1) is 21.1 Å². The number of alkyl halides is 5. The van der Waals surface area contributed by atoms with E-state index in [1.807, 2.05) is 0 Å². The molecule has 1 atom stereocenters. The summed E-state index contributed by atoms with van der Waals surface area (Å²) in [5, 5.41) is 2.02. The second-order valence-corrected chi connectivity index (χ2v) is 7.35. The molecule has 0 heterocycles. The molecule has 0 spiro atoms. The lowest BCUT2D eigenvalue weighted by Gasteiger charge is -2.26. The monoisotopic (exact) mass is 379 g/mol. The van der Waals surface area contributed by atoms with Crippen LogP contribution in [0.5, 0.6) is 0 Å². The highest BCUT2D eigenvalue weighted by Gasteiger charge is 2.59. The number of benzene rings is 1. The summed E-state index contributed by atoms with van der Waals surface area (Å²) in [7, 11) is 0.0661. The largest absolute Gasteiger partial charge is 0.743 e. The standard InChI is InChI=1S/C10H16N.C3H3F5O4S/c1-11(2,3)9-10-7-5-4-6-8-10;4-2(5,6)1(9)3(7,8)13(10,11)12/h4-8H,9H2,1-3H3;1,9H,(H,10,11,12)/q+1;/p-1. The first kappa shape index (κ1) is 22.7. The van der Waals surface area contributed by atoms with Crippen LogP contribution in [0.3, 0.4) is 0 Å². The molecular weight excluding hydrogens is 361 g/mol. The molecule has 1 aromatic rings. The van der Waals surface area contributed by atoms with Crippen molar-refractivity contribution in [1.82, 2.24) is 0 Å². The van der Waals surface area contributed by atoms with Crippen LogP contribution in [0.25, 0.3) is 0 Å². The summed E-state index contributed by atoms with van der Waals surface area (Å²) < 4.78 is 87.6. The topological polar surface area (TPSA) is 77.4 Å². The summed E-state index contributed by atoms with van der Waals surface area (Å²) in [5.74, 6) is 0. The van der Waals surface area contributed by atoms with E-state index in [4.69, 9.17) is 5.11 Å². The molecular formula is C13H18F5NO4S. The number of rotatable bonds is 4. The molecule has 1 unspecified atom stereocenters. The Bertz CT molecular complexity index is 611. The molecule has 0 aliphatic heterocycles.